The molecule has 0 aliphatic heterocycles. The molecule has 112 valence electrons. The zero-order valence-electron chi connectivity index (χ0n) is 12.7. The van der Waals surface area contributed by atoms with Gasteiger partial charge in [-0.3, -0.25) is 4.57 Å². The predicted molar refractivity (Wildman–Crippen MR) is 81.3 cm³/mol. The van der Waals surface area contributed by atoms with Crippen LogP contribution in [0, 0.1) is 0 Å². The summed E-state index contributed by atoms with van der Waals surface area (Å²) in [6.45, 7) is 0. The van der Waals surface area contributed by atoms with Crippen LogP contribution in [0.2, 0.25) is 0 Å². The van der Waals surface area contributed by atoms with Crippen LogP contribution in [0.1, 0.15) is 24.3 Å². The van der Waals surface area contributed by atoms with Crippen molar-refractivity contribution in [1.29, 1.82) is 0 Å². The minimum Gasteiger partial charge on any atom is -0.312 e. The van der Waals surface area contributed by atoms with E-state index in [4.69, 9.17) is 9.05 Å². The Bertz CT molecular complexity index is 483. The minimum absolute atomic E-state index is 0.0775. The Morgan fingerprint density at radius 1 is 1.25 bits per heavy atom. The Kier molecular flexibility index (Phi) is 4.70. The van der Waals surface area contributed by atoms with Gasteiger partial charge in [0.15, 0.2) is 0 Å². The third-order valence-electron chi connectivity index (χ3n) is 4.51. The van der Waals surface area contributed by atoms with E-state index >= 15 is 0 Å². The maximum absolute atomic E-state index is 12.2. The van der Waals surface area contributed by atoms with Crippen molar-refractivity contribution in [1.82, 2.24) is 4.90 Å². The van der Waals surface area contributed by atoms with Crippen molar-refractivity contribution < 1.29 is 13.6 Å². The summed E-state index contributed by atoms with van der Waals surface area (Å²) in [5.41, 5.74) is 1.43. The molecule has 0 unspecified atom stereocenters. The van der Waals surface area contributed by atoms with Crippen LogP contribution in [0.5, 0.6) is 0 Å². The molecule has 0 amide bonds. The van der Waals surface area contributed by atoms with Gasteiger partial charge in [0, 0.05) is 25.7 Å². The SMILES string of the molecule is COP(=O)(CC[C@@]1(N(C)C)C[C@@H]1c1ccccc1)OC. The molecule has 1 saturated carbocycles. The molecule has 1 aliphatic rings. The van der Waals surface area contributed by atoms with E-state index in [2.05, 4.69) is 43.3 Å². The van der Waals surface area contributed by atoms with E-state index in [-0.39, 0.29) is 5.54 Å². The van der Waals surface area contributed by atoms with Crippen LogP contribution in [0.3, 0.4) is 0 Å². The number of rotatable bonds is 7. The summed E-state index contributed by atoms with van der Waals surface area (Å²) in [4.78, 5) is 2.25. The summed E-state index contributed by atoms with van der Waals surface area (Å²) >= 11 is 0. The zero-order chi connectivity index (χ0) is 14.8. The highest BCUT2D eigenvalue weighted by Gasteiger charge is 2.56. The molecular formula is C15H24NO3P. The van der Waals surface area contributed by atoms with Gasteiger partial charge < -0.3 is 13.9 Å². The average molecular weight is 297 g/mol. The van der Waals surface area contributed by atoms with Crippen molar-refractivity contribution in [2.45, 2.75) is 24.3 Å². The van der Waals surface area contributed by atoms with Gasteiger partial charge >= 0.3 is 7.60 Å². The molecule has 0 radical (unpaired) electrons. The smallest absolute Gasteiger partial charge is 0.312 e. The average Bonchev–Trinajstić information content (AvgIpc) is 3.22. The highest BCUT2D eigenvalue weighted by atomic mass is 31.2. The summed E-state index contributed by atoms with van der Waals surface area (Å²) in [6.07, 6.45) is 2.37. The summed E-state index contributed by atoms with van der Waals surface area (Å²) in [7, 11) is 4.16. The third kappa shape index (κ3) is 2.99. The topological polar surface area (TPSA) is 38.8 Å². The molecule has 0 aromatic heterocycles. The molecule has 0 spiro atoms. The van der Waals surface area contributed by atoms with Gasteiger partial charge in [0.1, 0.15) is 0 Å². The van der Waals surface area contributed by atoms with Crippen LogP contribution < -0.4 is 0 Å². The lowest BCUT2D eigenvalue weighted by Crippen LogP contribution is -2.33. The maximum Gasteiger partial charge on any atom is 0.330 e. The van der Waals surface area contributed by atoms with Gasteiger partial charge in [0.2, 0.25) is 0 Å². The summed E-state index contributed by atoms with van der Waals surface area (Å²) in [5, 5.41) is 0. The minimum atomic E-state index is -2.92. The number of hydrogen-bond acceptors (Lipinski definition) is 4. The van der Waals surface area contributed by atoms with Crippen molar-refractivity contribution in [3.8, 4) is 0 Å². The number of benzene rings is 1. The van der Waals surface area contributed by atoms with Gasteiger partial charge in [-0.25, -0.2) is 0 Å². The molecule has 0 heterocycles. The molecule has 2 rings (SSSR count). The fourth-order valence-electron chi connectivity index (χ4n) is 2.99. The van der Waals surface area contributed by atoms with Crippen molar-refractivity contribution >= 4 is 7.60 Å². The molecular weight excluding hydrogens is 273 g/mol. The number of likely N-dealkylation sites (N-methyl/N-ethyl adjacent to an activating group) is 1. The van der Waals surface area contributed by atoms with Gasteiger partial charge in [-0.1, -0.05) is 30.3 Å². The predicted octanol–water partition coefficient (Wildman–Crippen LogP) is 3.35. The van der Waals surface area contributed by atoms with Crippen LogP contribution in [0.15, 0.2) is 30.3 Å². The first-order chi connectivity index (χ1) is 9.47. The Morgan fingerprint density at radius 2 is 1.85 bits per heavy atom. The first kappa shape index (κ1) is 15.7. The van der Waals surface area contributed by atoms with Crippen LogP contribution >= 0.6 is 7.60 Å². The largest absolute Gasteiger partial charge is 0.330 e. The fourth-order valence-corrected chi connectivity index (χ4v) is 4.17. The summed E-state index contributed by atoms with van der Waals surface area (Å²) in [6, 6.07) is 10.5. The molecule has 1 fully saturated rings. The summed E-state index contributed by atoms with van der Waals surface area (Å²) < 4.78 is 22.3. The van der Waals surface area contributed by atoms with Crippen LogP contribution in [-0.4, -0.2) is 44.9 Å². The standard InChI is InChI=1S/C15H24NO3P/c1-16(2)15(10-11-20(17,18-3)19-4)12-14(15)13-8-6-5-7-9-13/h5-9,14H,10-12H2,1-4H3/t14-,15-/m1/s1. The highest BCUT2D eigenvalue weighted by Crippen LogP contribution is 2.59. The van der Waals surface area contributed by atoms with E-state index in [0.29, 0.717) is 12.1 Å². The molecule has 20 heavy (non-hydrogen) atoms. The molecule has 1 aromatic carbocycles. The Balaban J connectivity index is 2.09. The lowest BCUT2D eigenvalue weighted by Gasteiger charge is -2.27. The van der Waals surface area contributed by atoms with Crippen molar-refractivity contribution in [3.05, 3.63) is 35.9 Å². The van der Waals surface area contributed by atoms with Crippen LogP contribution in [-0.2, 0) is 13.6 Å². The second kappa shape index (κ2) is 5.98. The van der Waals surface area contributed by atoms with E-state index in [0.717, 1.165) is 12.8 Å². The quantitative estimate of drug-likeness (QED) is 0.723. The molecule has 1 aliphatic carbocycles. The second-order valence-corrected chi connectivity index (χ2v) is 8.01. The van der Waals surface area contributed by atoms with Gasteiger partial charge in [-0.05, 0) is 32.5 Å². The lowest BCUT2D eigenvalue weighted by molar-refractivity contribution is 0.239. The van der Waals surface area contributed by atoms with Crippen molar-refractivity contribution in [2.24, 2.45) is 0 Å². The van der Waals surface area contributed by atoms with Gasteiger partial charge in [-0.15, -0.1) is 0 Å². The van der Waals surface area contributed by atoms with Gasteiger partial charge in [0.25, 0.3) is 0 Å². The van der Waals surface area contributed by atoms with Crippen LogP contribution in [0.4, 0.5) is 0 Å². The molecule has 0 saturated heterocycles. The monoisotopic (exact) mass is 297 g/mol. The van der Waals surface area contributed by atoms with E-state index in [1.54, 1.807) is 0 Å². The lowest BCUT2D eigenvalue weighted by atomic mass is 10.0. The normalized spacial score (nSPS) is 25.9. The fraction of sp³-hybridized carbons (Fsp3) is 0.600. The van der Waals surface area contributed by atoms with E-state index in [1.807, 2.05) is 6.07 Å². The van der Waals surface area contributed by atoms with Gasteiger partial charge in [0.05, 0.1) is 6.16 Å². The second-order valence-electron chi connectivity index (χ2n) is 5.62. The first-order valence-electron chi connectivity index (χ1n) is 6.90. The first-order valence-corrected chi connectivity index (χ1v) is 8.63. The molecule has 1 aromatic rings. The number of hydrogen-bond donors (Lipinski definition) is 0. The summed E-state index contributed by atoms with van der Waals surface area (Å²) in [5.74, 6) is 0.501. The molecule has 2 atom stereocenters. The zero-order valence-corrected chi connectivity index (χ0v) is 13.6. The van der Waals surface area contributed by atoms with E-state index < -0.39 is 7.60 Å². The molecule has 4 nitrogen and oxygen atoms in total. The maximum atomic E-state index is 12.2. The van der Waals surface area contributed by atoms with E-state index in [9.17, 15) is 4.57 Å². The molecule has 0 N–H and O–H groups in total. The molecule has 5 heteroatoms. The molecule has 0 bridgehead atoms. The van der Waals surface area contributed by atoms with E-state index in [1.165, 1.54) is 19.8 Å². The number of nitrogens with zero attached hydrogens (tertiary/aromatic N) is 1. The van der Waals surface area contributed by atoms with Gasteiger partial charge in [-0.2, -0.15) is 0 Å². The van der Waals surface area contributed by atoms with Crippen molar-refractivity contribution in [2.75, 3.05) is 34.5 Å². The van der Waals surface area contributed by atoms with Crippen LogP contribution in [0.25, 0.3) is 0 Å². The Hall–Kier alpha value is -0.670. The third-order valence-corrected chi connectivity index (χ3v) is 6.40. The van der Waals surface area contributed by atoms with Crippen molar-refractivity contribution in [3.63, 3.8) is 0 Å². The Morgan fingerprint density at radius 3 is 2.35 bits per heavy atom. The highest BCUT2D eigenvalue weighted by molar-refractivity contribution is 7.53. The Labute approximate surface area is 121 Å².